The molecule has 1 atom stereocenters. The molecule has 0 unspecified atom stereocenters. The van der Waals surface area contributed by atoms with Crippen molar-refractivity contribution in [1.29, 1.82) is 0 Å². The Labute approximate surface area is 115 Å². The van der Waals surface area contributed by atoms with E-state index in [1.165, 1.54) is 6.42 Å². The first-order valence-electron chi connectivity index (χ1n) is 7.52. The monoisotopic (exact) mass is 264 g/mol. The number of rotatable bonds is 4. The SMILES string of the molecule is C=C1CCC[C@]1(C(=O)OCC)C(=O)C1CCCCC1. The van der Waals surface area contributed by atoms with Crippen molar-refractivity contribution in [1.82, 2.24) is 0 Å². The molecule has 3 nitrogen and oxygen atoms in total. The Bertz CT molecular complexity index is 379. The van der Waals surface area contributed by atoms with Crippen molar-refractivity contribution in [3.63, 3.8) is 0 Å². The topological polar surface area (TPSA) is 43.4 Å². The van der Waals surface area contributed by atoms with Crippen LogP contribution in [-0.4, -0.2) is 18.4 Å². The summed E-state index contributed by atoms with van der Waals surface area (Å²) in [5, 5.41) is 0. The molecular formula is C16H24O3. The summed E-state index contributed by atoms with van der Waals surface area (Å²) in [4.78, 5) is 25.2. The predicted octanol–water partition coefficient (Wildman–Crippen LogP) is 3.43. The van der Waals surface area contributed by atoms with Crippen LogP contribution in [0.3, 0.4) is 0 Å². The molecule has 2 saturated carbocycles. The highest BCUT2D eigenvalue weighted by atomic mass is 16.5. The Balaban J connectivity index is 2.24. The molecule has 19 heavy (non-hydrogen) atoms. The Hall–Kier alpha value is -1.12. The molecule has 0 amide bonds. The lowest BCUT2D eigenvalue weighted by molar-refractivity contribution is -0.158. The van der Waals surface area contributed by atoms with Gasteiger partial charge in [0.15, 0.2) is 5.78 Å². The first-order valence-corrected chi connectivity index (χ1v) is 7.52. The molecule has 0 saturated heterocycles. The van der Waals surface area contributed by atoms with Gasteiger partial charge in [0.1, 0.15) is 5.41 Å². The van der Waals surface area contributed by atoms with Crippen molar-refractivity contribution in [2.45, 2.75) is 58.3 Å². The van der Waals surface area contributed by atoms with Crippen LogP contribution in [-0.2, 0) is 14.3 Å². The molecule has 3 heteroatoms. The molecule has 0 bridgehead atoms. The van der Waals surface area contributed by atoms with Gasteiger partial charge in [0.2, 0.25) is 0 Å². The first kappa shape index (κ1) is 14.3. The summed E-state index contributed by atoms with van der Waals surface area (Å²) in [6.45, 7) is 6.12. The summed E-state index contributed by atoms with van der Waals surface area (Å²) in [5.41, 5.74) is -0.237. The number of Topliss-reactive ketones (excluding diaryl/α,β-unsaturated/α-hetero) is 1. The molecular weight excluding hydrogens is 240 g/mol. The molecule has 2 fully saturated rings. The fourth-order valence-electron chi connectivity index (χ4n) is 3.57. The van der Waals surface area contributed by atoms with E-state index < -0.39 is 5.41 Å². The zero-order chi connectivity index (χ0) is 13.9. The quantitative estimate of drug-likeness (QED) is 0.444. The molecule has 0 heterocycles. The fourth-order valence-corrected chi connectivity index (χ4v) is 3.57. The van der Waals surface area contributed by atoms with Gasteiger partial charge >= 0.3 is 5.97 Å². The summed E-state index contributed by atoms with van der Waals surface area (Å²) in [5.74, 6) is -0.228. The molecule has 2 aliphatic rings. The highest BCUT2D eigenvalue weighted by molar-refractivity contribution is 6.08. The van der Waals surface area contributed by atoms with Crippen molar-refractivity contribution in [2.24, 2.45) is 11.3 Å². The van der Waals surface area contributed by atoms with Gasteiger partial charge in [-0.05, 0) is 39.0 Å². The third-order valence-electron chi connectivity index (χ3n) is 4.65. The number of carbonyl (C=O) groups excluding carboxylic acids is 2. The number of ether oxygens (including phenoxy) is 1. The fraction of sp³-hybridized carbons (Fsp3) is 0.750. The first-order chi connectivity index (χ1) is 9.13. The lowest BCUT2D eigenvalue weighted by Crippen LogP contribution is -2.43. The smallest absolute Gasteiger partial charge is 0.323 e. The minimum atomic E-state index is -1.02. The molecule has 106 valence electrons. The Morgan fingerprint density at radius 2 is 1.95 bits per heavy atom. The van der Waals surface area contributed by atoms with E-state index in [-0.39, 0.29) is 17.7 Å². The van der Waals surface area contributed by atoms with Gasteiger partial charge in [0.25, 0.3) is 0 Å². The van der Waals surface area contributed by atoms with Gasteiger partial charge in [-0.15, -0.1) is 0 Å². The van der Waals surface area contributed by atoms with Crippen LogP contribution < -0.4 is 0 Å². The molecule has 0 aromatic carbocycles. The molecule has 0 aromatic rings. The number of hydrogen-bond acceptors (Lipinski definition) is 3. The maximum Gasteiger partial charge on any atom is 0.323 e. The van der Waals surface area contributed by atoms with E-state index in [9.17, 15) is 9.59 Å². The van der Waals surface area contributed by atoms with E-state index in [1.54, 1.807) is 6.92 Å². The van der Waals surface area contributed by atoms with Gasteiger partial charge in [-0.25, -0.2) is 0 Å². The average molecular weight is 264 g/mol. The van der Waals surface area contributed by atoms with Crippen LogP contribution in [0, 0.1) is 11.3 Å². The second-order valence-electron chi connectivity index (χ2n) is 5.78. The Kier molecular flexibility index (Phi) is 4.43. The number of carbonyl (C=O) groups is 2. The van der Waals surface area contributed by atoms with Crippen molar-refractivity contribution in [3.05, 3.63) is 12.2 Å². The van der Waals surface area contributed by atoms with Crippen molar-refractivity contribution in [2.75, 3.05) is 6.61 Å². The highest BCUT2D eigenvalue weighted by Crippen LogP contribution is 2.47. The zero-order valence-electron chi connectivity index (χ0n) is 11.9. The van der Waals surface area contributed by atoms with E-state index in [2.05, 4.69) is 6.58 Å². The van der Waals surface area contributed by atoms with Crippen molar-refractivity contribution in [3.8, 4) is 0 Å². The van der Waals surface area contributed by atoms with Crippen LogP contribution in [0.25, 0.3) is 0 Å². The molecule has 0 aromatic heterocycles. The third kappa shape index (κ3) is 2.47. The van der Waals surface area contributed by atoms with Gasteiger partial charge in [-0.3, -0.25) is 9.59 Å². The maximum absolute atomic E-state index is 12.9. The van der Waals surface area contributed by atoms with Crippen LogP contribution in [0.5, 0.6) is 0 Å². The van der Waals surface area contributed by atoms with E-state index in [4.69, 9.17) is 4.74 Å². The van der Waals surface area contributed by atoms with E-state index in [1.807, 2.05) is 0 Å². The van der Waals surface area contributed by atoms with Gasteiger partial charge in [0.05, 0.1) is 6.61 Å². The largest absolute Gasteiger partial charge is 0.465 e. The normalized spacial score (nSPS) is 28.4. The summed E-state index contributed by atoms with van der Waals surface area (Å²) in [7, 11) is 0. The summed E-state index contributed by atoms with van der Waals surface area (Å²) < 4.78 is 5.19. The molecule has 2 rings (SSSR count). The van der Waals surface area contributed by atoms with E-state index in [0.29, 0.717) is 13.0 Å². The van der Waals surface area contributed by atoms with Gasteiger partial charge in [-0.2, -0.15) is 0 Å². The third-order valence-corrected chi connectivity index (χ3v) is 4.65. The van der Waals surface area contributed by atoms with E-state index in [0.717, 1.165) is 44.1 Å². The minimum absolute atomic E-state index is 0.0352. The number of esters is 1. The van der Waals surface area contributed by atoms with E-state index >= 15 is 0 Å². The van der Waals surface area contributed by atoms with Gasteiger partial charge in [0, 0.05) is 5.92 Å². The summed E-state index contributed by atoms with van der Waals surface area (Å²) >= 11 is 0. The molecule has 0 radical (unpaired) electrons. The Morgan fingerprint density at radius 3 is 2.47 bits per heavy atom. The lowest BCUT2D eigenvalue weighted by atomic mass is 9.70. The number of ketones is 1. The average Bonchev–Trinajstić information content (AvgIpc) is 2.82. The van der Waals surface area contributed by atoms with Crippen LogP contribution in [0.1, 0.15) is 58.3 Å². The second-order valence-corrected chi connectivity index (χ2v) is 5.78. The predicted molar refractivity (Wildman–Crippen MR) is 73.6 cm³/mol. The maximum atomic E-state index is 12.9. The Morgan fingerprint density at radius 1 is 1.26 bits per heavy atom. The zero-order valence-corrected chi connectivity index (χ0v) is 11.9. The van der Waals surface area contributed by atoms with Crippen LogP contribution in [0.2, 0.25) is 0 Å². The molecule has 2 aliphatic carbocycles. The molecule has 0 aliphatic heterocycles. The molecule has 0 spiro atoms. The lowest BCUT2D eigenvalue weighted by Gasteiger charge is -2.32. The van der Waals surface area contributed by atoms with Gasteiger partial charge < -0.3 is 4.74 Å². The standard InChI is InChI=1S/C16H24O3/c1-3-19-15(18)16(11-7-8-12(16)2)14(17)13-9-5-4-6-10-13/h13H,2-11H2,1H3/t16-/m1/s1. The second kappa shape index (κ2) is 5.89. The van der Waals surface area contributed by atoms with Crippen LogP contribution >= 0.6 is 0 Å². The summed E-state index contributed by atoms with van der Waals surface area (Å²) in [6, 6.07) is 0. The van der Waals surface area contributed by atoms with Gasteiger partial charge in [-0.1, -0.05) is 31.4 Å². The van der Waals surface area contributed by atoms with Crippen molar-refractivity contribution < 1.29 is 14.3 Å². The van der Waals surface area contributed by atoms with Crippen LogP contribution in [0.4, 0.5) is 0 Å². The van der Waals surface area contributed by atoms with Crippen LogP contribution in [0.15, 0.2) is 12.2 Å². The van der Waals surface area contributed by atoms with Crippen molar-refractivity contribution >= 4 is 11.8 Å². The molecule has 0 N–H and O–H groups in total. The highest BCUT2D eigenvalue weighted by Gasteiger charge is 2.53. The summed E-state index contributed by atoms with van der Waals surface area (Å²) in [6.07, 6.45) is 7.49. The minimum Gasteiger partial charge on any atom is -0.465 e. The number of hydrogen-bond donors (Lipinski definition) is 0.